The van der Waals surface area contributed by atoms with Gasteiger partial charge in [-0.05, 0) is 33.6 Å². The molecule has 0 radical (unpaired) electrons. The van der Waals surface area contributed by atoms with Gasteiger partial charge in [-0.1, -0.05) is 20.4 Å². The van der Waals surface area contributed by atoms with Gasteiger partial charge in [-0.3, -0.25) is 0 Å². The van der Waals surface area contributed by atoms with Gasteiger partial charge in [0.05, 0.1) is 25.4 Å². The minimum Gasteiger partial charge on any atom is -0.435 e. The molecule has 0 aromatic rings. The number of ether oxygens (including phenoxy) is 5. The molecule has 0 saturated carbocycles. The summed E-state index contributed by atoms with van der Waals surface area (Å²) in [6, 6.07) is 0. The predicted molar refractivity (Wildman–Crippen MR) is 121 cm³/mol. The molecular formula is C21H44O9Si. The maximum Gasteiger partial charge on any atom is 0.528 e. The van der Waals surface area contributed by atoms with Crippen LogP contribution in [0.4, 0.5) is 0 Å². The van der Waals surface area contributed by atoms with Crippen LogP contribution in [0.5, 0.6) is 0 Å². The summed E-state index contributed by atoms with van der Waals surface area (Å²) in [6.07, 6.45) is 3.43. The topological polar surface area (TPSA) is 90.9 Å². The lowest BCUT2D eigenvalue weighted by Crippen LogP contribution is -2.51. The van der Waals surface area contributed by atoms with E-state index in [0.29, 0.717) is 39.3 Å². The van der Waals surface area contributed by atoms with Crippen molar-refractivity contribution in [1.29, 1.82) is 0 Å². The maximum atomic E-state index is 10.5. The monoisotopic (exact) mass is 468 g/mol. The highest BCUT2D eigenvalue weighted by Gasteiger charge is 2.41. The average Bonchev–Trinajstić information content (AvgIpc) is 2.77. The second-order valence-corrected chi connectivity index (χ2v) is 8.71. The van der Waals surface area contributed by atoms with E-state index in [0.717, 1.165) is 18.9 Å². The van der Waals surface area contributed by atoms with Crippen LogP contribution >= 0.6 is 0 Å². The molecule has 31 heavy (non-hydrogen) atoms. The fourth-order valence-corrected chi connectivity index (χ4v) is 4.46. The molecule has 10 heteroatoms. The summed E-state index contributed by atoms with van der Waals surface area (Å²) >= 11 is 0. The number of methoxy groups -OCH3 is 2. The zero-order chi connectivity index (χ0) is 24.0. The summed E-state index contributed by atoms with van der Waals surface area (Å²) in [7, 11) is 0.643. The van der Waals surface area contributed by atoms with Gasteiger partial charge >= 0.3 is 14.8 Å². The number of esters is 1. The molecule has 0 aliphatic heterocycles. The van der Waals surface area contributed by atoms with Crippen molar-refractivity contribution in [1.82, 2.24) is 0 Å². The summed E-state index contributed by atoms with van der Waals surface area (Å²) in [5, 5.41) is 0. The van der Waals surface area contributed by atoms with E-state index < -0.39 is 14.8 Å². The molecule has 0 fully saturated rings. The summed E-state index contributed by atoms with van der Waals surface area (Å²) in [5.41, 5.74) is 0. The Kier molecular flexibility index (Phi) is 23.3. The first-order valence-corrected chi connectivity index (χ1v) is 12.8. The van der Waals surface area contributed by atoms with Gasteiger partial charge in [0.25, 0.3) is 0 Å². The molecule has 2 atom stereocenters. The van der Waals surface area contributed by atoms with Crippen molar-refractivity contribution in [3.8, 4) is 0 Å². The largest absolute Gasteiger partial charge is 0.528 e. The molecule has 0 aromatic carbocycles. The van der Waals surface area contributed by atoms with Crippen molar-refractivity contribution in [3.63, 3.8) is 0 Å². The van der Waals surface area contributed by atoms with E-state index in [1.807, 2.05) is 27.7 Å². The van der Waals surface area contributed by atoms with Crippen molar-refractivity contribution in [2.45, 2.75) is 59.7 Å². The molecule has 2 unspecified atom stereocenters. The Morgan fingerprint density at radius 2 is 1.29 bits per heavy atom. The third-order valence-corrected chi connectivity index (χ3v) is 6.75. The lowest BCUT2D eigenvalue weighted by Gasteiger charge is -2.28. The Hall–Kier alpha value is -0.853. The minimum atomic E-state index is -2.67. The lowest BCUT2D eigenvalue weighted by atomic mass is 10.3. The molecule has 0 spiro atoms. The molecule has 0 bridgehead atoms. The Labute approximate surface area is 189 Å². The summed E-state index contributed by atoms with van der Waals surface area (Å²) in [4.78, 5) is 10.5. The summed E-state index contributed by atoms with van der Waals surface area (Å²) in [6.45, 7) is 15.7. The molecule has 0 saturated heterocycles. The standard InChI is InChI=1S/C12H28O5Si.C9H16O4/c1-6-12(13-5)10-14-11-18(15-7-2,16-8-3)17-9-4;1-4-8(11-3)6-12-7-13-9(10)5-2/h12H,6-11H2,1-5H3;5,8H,2,4,6-7H2,1,3H3. The van der Waals surface area contributed by atoms with Gasteiger partial charge in [0.1, 0.15) is 6.23 Å². The van der Waals surface area contributed by atoms with E-state index in [4.69, 9.17) is 32.2 Å². The number of hydrogen-bond donors (Lipinski definition) is 0. The van der Waals surface area contributed by atoms with Crippen molar-refractivity contribution in [3.05, 3.63) is 12.7 Å². The Morgan fingerprint density at radius 3 is 1.65 bits per heavy atom. The molecular weight excluding hydrogens is 424 g/mol. The second-order valence-electron chi connectivity index (χ2n) is 6.19. The molecule has 186 valence electrons. The first-order valence-electron chi connectivity index (χ1n) is 10.8. The van der Waals surface area contributed by atoms with Crippen LogP contribution in [0, 0.1) is 0 Å². The Balaban J connectivity index is 0. The van der Waals surface area contributed by atoms with Gasteiger partial charge < -0.3 is 37.0 Å². The molecule has 0 aliphatic carbocycles. The highest BCUT2D eigenvalue weighted by molar-refractivity contribution is 6.60. The first-order chi connectivity index (χ1) is 14.9. The van der Waals surface area contributed by atoms with Gasteiger partial charge in [-0.25, -0.2) is 4.79 Å². The van der Waals surface area contributed by atoms with Crippen LogP contribution in [0.2, 0.25) is 0 Å². The smallest absolute Gasteiger partial charge is 0.435 e. The van der Waals surface area contributed by atoms with E-state index in [2.05, 4.69) is 18.2 Å². The Bertz CT molecular complexity index is 399. The van der Waals surface area contributed by atoms with Crippen LogP contribution in [0.15, 0.2) is 12.7 Å². The highest BCUT2D eigenvalue weighted by Crippen LogP contribution is 2.11. The molecule has 9 nitrogen and oxygen atoms in total. The van der Waals surface area contributed by atoms with Crippen LogP contribution in [-0.4, -0.2) is 87.3 Å². The second kappa shape index (κ2) is 22.3. The number of hydrogen-bond acceptors (Lipinski definition) is 9. The normalized spacial score (nSPS) is 13.1. The van der Waals surface area contributed by atoms with Crippen molar-refractivity contribution >= 4 is 14.8 Å². The molecule has 0 aliphatic rings. The maximum absolute atomic E-state index is 10.5. The average molecular weight is 469 g/mol. The van der Waals surface area contributed by atoms with Crippen LogP contribution in [-0.2, 0) is 41.8 Å². The van der Waals surface area contributed by atoms with E-state index in [-0.39, 0.29) is 19.0 Å². The minimum absolute atomic E-state index is 0.0509. The molecule has 0 amide bonds. The zero-order valence-corrected chi connectivity index (χ0v) is 21.5. The van der Waals surface area contributed by atoms with E-state index in [1.165, 1.54) is 0 Å². The quantitative estimate of drug-likeness (QED) is 0.0932. The number of carbonyl (C=O) groups excluding carboxylic acids is 1. The van der Waals surface area contributed by atoms with Crippen LogP contribution in [0.25, 0.3) is 0 Å². The first kappa shape index (κ1) is 32.3. The zero-order valence-electron chi connectivity index (χ0n) is 20.5. The number of carbonyl (C=O) groups is 1. The van der Waals surface area contributed by atoms with E-state index >= 15 is 0 Å². The van der Waals surface area contributed by atoms with Gasteiger partial charge in [0, 0.05) is 40.1 Å². The lowest BCUT2D eigenvalue weighted by molar-refractivity contribution is -0.153. The van der Waals surface area contributed by atoms with Crippen molar-refractivity contribution in [2.24, 2.45) is 0 Å². The fraction of sp³-hybridized carbons (Fsp3) is 0.857. The van der Waals surface area contributed by atoms with E-state index in [9.17, 15) is 4.79 Å². The van der Waals surface area contributed by atoms with Crippen LogP contribution in [0.3, 0.4) is 0 Å². The molecule has 0 N–H and O–H groups in total. The van der Waals surface area contributed by atoms with Crippen LogP contribution in [0.1, 0.15) is 47.5 Å². The molecule has 0 aromatic heterocycles. The number of rotatable bonds is 19. The SMILES string of the molecule is C=CC(=O)OCOCC(CC)OC.CCO[Si](COCC(CC)OC)(OCC)OCC. The van der Waals surface area contributed by atoms with Crippen LogP contribution < -0.4 is 0 Å². The predicted octanol–water partition coefficient (Wildman–Crippen LogP) is 3.13. The Morgan fingerprint density at radius 1 is 0.839 bits per heavy atom. The van der Waals surface area contributed by atoms with Crippen molar-refractivity contribution in [2.75, 3.05) is 60.3 Å². The third-order valence-electron chi connectivity index (χ3n) is 4.01. The summed E-state index contributed by atoms with van der Waals surface area (Å²) < 4.78 is 42.7. The van der Waals surface area contributed by atoms with Gasteiger partial charge in [-0.2, -0.15) is 0 Å². The molecule has 0 heterocycles. The van der Waals surface area contributed by atoms with Crippen molar-refractivity contribution < 1.29 is 41.8 Å². The van der Waals surface area contributed by atoms with Gasteiger partial charge in [0.15, 0.2) is 6.79 Å². The highest BCUT2D eigenvalue weighted by atomic mass is 28.4. The molecule has 0 rings (SSSR count). The van der Waals surface area contributed by atoms with Gasteiger partial charge in [0.2, 0.25) is 0 Å². The third kappa shape index (κ3) is 17.4. The van der Waals surface area contributed by atoms with Gasteiger partial charge in [-0.15, -0.1) is 0 Å². The van der Waals surface area contributed by atoms with E-state index in [1.54, 1.807) is 14.2 Å². The summed E-state index contributed by atoms with van der Waals surface area (Å²) in [5.74, 6) is -0.481. The fourth-order valence-electron chi connectivity index (χ4n) is 2.27.